The average Bonchev–Trinajstić information content (AvgIpc) is 2.69. The van der Waals surface area contributed by atoms with Crippen LogP contribution in [0.4, 0.5) is 0 Å². The number of thiocarbonyl (C=S) groups is 1. The van der Waals surface area contributed by atoms with Crippen LogP contribution in [0.25, 0.3) is 17.0 Å². The Hall–Kier alpha value is -1.43. The van der Waals surface area contributed by atoms with Gasteiger partial charge in [0.2, 0.25) is 0 Å². The number of carbonyl (C=O) groups is 1. The zero-order valence-electron chi connectivity index (χ0n) is 9.51. The highest BCUT2D eigenvalue weighted by atomic mass is 35.5. The maximum atomic E-state index is 11.6. The van der Waals surface area contributed by atoms with Gasteiger partial charge in [-0.15, -0.1) is 0 Å². The highest BCUT2D eigenvalue weighted by molar-refractivity contribution is 8.26. The predicted molar refractivity (Wildman–Crippen MR) is 83.1 cm³/mol. The summed E-state index contributed by atoms with van der Waals surface area (Å²) in [6.07, 6.45) is 1.71. The molecule has 0 spiro atoms. The third kappa shape index (κ3) is 2.49. The Bertz CT molecular complexity index is 743. The molecule has 1 saturated heterocycles. The Morgan fingerprint density at radius 3 is 2.89 bits per heavy atom. The first-order chi connectivity index (χ1) is 9.13. The number of carbonyl (C=O) groups excluding carboxylic acids is 1. The Morgan fingerprint density at radius 2 is 2.16 bits per heavy atom. The van der Waals surface area contributed by atoms with E-state index >= 15 is 0 Å². The lowest BCUT2D eigenvalue weighted by Crippen LogP contribution is -2.17. The Morgan fingerprint density at radius 1 is 1.37 bits per heavy atom. The highest BCUT2D eigenvalue weighted by Gasteiger charge is 2.22. The maximum absolute atomic E-state index is 11.6. The molecule has 0 atom stereocenters. The molecule has 3 rings (SSSR count). The first-order valence-corrected chi connectivity index (χ1v) is 7.04. The molecule has 0 unspecified atom stereocenters. The van der Waals surface area contributed by atoms with E-state index in [-0.39, 0.29) is 5.91 Å². The van der Waals surface area contributed by atoms with Crippen molar-refractivity contribution in [2.45, 2.75) is 0 Å². The molecule has 19 heavy (non-hydrogen) atoms. The van der Waals surface area contributed by atoms with Crippen LogP contribution in [-0.4, -0.2) is 15.2 Å². The van der Waals surface area contributed by atoms with E-state index in [1.165, 1.54) is 11.8 Å². The topological polar surface area (TPSA) is 42.0 Å². The van der Waals surface area contributed by atoms with Crippen molar-refractivity contribution in [2.75, 3.05) is 0 Å². The molecule has 1 amide bonds. The summed E-state index contributed by atoms with van der Waals surface area (Å²) in [5.74, 6) is -0.195. The molecule has 1 fully saturated rings. The quantitative estimate of drug-likeness (QED) is 0.498. The number of fused-ring (bicyclic) bond motifs is 1. The van der Waals surface area contributed by atoms with Crippen molar-refractivity contribution in [1.29, 1.82) is 0 Å². The van der Waals surface area contributed by atoms with Crippen LogP contribution in [0.3, 0.4) is 0 Å². The smallest absolute Gasteiger partial charge is 0.263 e. The second-order valence-corrected chi connectivity index (χ2v) is 5.99. The first kappa shape index (κ1) is 12.6. The number of thioether (sulfide) groups is 1. The summed E-state index contributed by atoms with van der Waals surface area (Å²) < 4.78 is 0.459. The standard InChI is InChI=1S/C13H7ClN2OS2/c14-11-8(6-10-12(17)16-13(18)19-10)5-7-3-1-2-4-9(7)15-11/h1-6H,(H,16,17,18)/b10-6-. The van der Waals surface area contributed by atoms with Gasteiger partial charge >= 0.3 is 0 Å². The van der Waals surface area contributed by atoms with Gasteiger partial charge in [-0.2, -0.15) is 0 Å². The molecule has 2 heterocycles. The molecule has 1 aliphatic rings. The number of benzene rings is 1. The lowest BCUT2D eigenvalue weighted by atomic mass is 10.1. The van der Waals surface area contributed by atoms with Gasteiger partial charge < -0.3 is 5.32 Å². The molecule has 0 radical (unpaired) electrons. The number of halogens is 1. The molecule has 1 aliphatic heterocycles. The Labute approximate surface area is 124 Å². The van der Waals surface area contributed by atoms with Gasteiger partial charge in [-0.05, 0) is 18.2 Å². The molecule has 0 saturated carbocycles. The number of aromatic nitrogens is 1. The van der Waals surface area contributed by atoms with Crippen molar-refractivity contribution >= 4 is 62.8 Å². The van der Waals surface area contributed by atoms with Crippen LogP contribution in [0, 0.1) is 0 Å². The number of nitrogens with zero attached hydrogens (tertiary/aromatic N) is 1. The van der Waals surface area contributed by atoms with Crippen molar-refractivity contribution in [2.24, 2.45) is 0 Å². The van der Waals surface area contributed by atoms with Gasteiger partial charge in [0.15, 0.2) is 0 Å². The number of para-hydroxylation sites is 1. The Balaban J connectivity index is 2.10. The van der Waals surface area contributed by atoms with E-state index in [0.29, 0.717) is 19.9 Å². The average molecular weight is 307 g/mol. The molecule has 6 heteroatoms. The third-order valence-electron chi connectivity index (χ3n) is 2.63. The fourth-order valence-corrected chi connectivity index (χ4v) is 3.01. The molecule has 0 bridgehead atoms. The number of hydrogen-bond donors (Lipinski definition) is 1. The summed E-state index contributed by atoms with van der Waals surface area (Å²) in [5, 5.41) is 3.92. The van der Waals surface area contributed by atoms with Gasteiger partial charge in [-0.1, -0.05) is 53.8 Å². The summed E-state index contributed by atoms with van der Waals surface area (Å²) >= 11 is 12.3. The van der Waals surface area contributed by atoms with Gasteiger partial charge in [0.05, 0.1) is 10.4 Å². The molecule has 1 aromatic heterocycles. The Kier molecular flexibility index (Phi) is 3.26. The van der Waals surface area contributed by atoms with Crippen LogP contribution >= 0.6 is 35.6 Å². The summed E-state index contributed by atoms with van der Waals surface area (Å²) in [6, 6.07) is 9.59. The zero-order valence-corrected chi connectivity index (χ0v) is 11.9. The molecule has 1 aromatic carbocycles. The van der Waals surface area contributed by atoms with Gasteiger partial charge in [-0.3, -0.25) is 4.79 Å². The summed E-state index contributed by atoms with van der Waals surface area (Å²) in [7, 11) is 0. The number of amides is 1. The predicted octanol–water partition coefficient (Wildman–Crippen LogP) is 3.38. The molecule has 3 nitrogen and oxygen atoms in total. The van der Waals surface area contributed by atoms with E-state index in [2.05, 4.69) is 10.3 Å². The molecule has 94 valence electrons. The largest absolute Gasteiger partial charge is 0.307 e. The zero-order chi connectivity index (χ0) is 13.4. The van der Waals surface area contributed by atoms with Crippen LogP contribution in [0.5, 0.6) is 0 Å². The molecule has 0 aliphatic carbocycles. The van der Waals surface area contributed by atoms with Crippen molar-refractivity contribution in [1.82, 2.24) is 10.3 Å². The minimum atomic E-state index is -0.195. The molecular weight excluding hydrogens is 300 g/mol. The minimum absolute atomic E-state index is 0.195. The number of rotatable bonds is 1. The summed E-state index contributed by atoms with van der Waals surface area (Å²) in [4.78, 5) is 16.5. The second-order valence-electron chi connectivity index (χ2n) is 3.91. The number of pyridine rings is 1. The number of hydrogen-bond acceptors (Lipinski definition) is 4. The summed E-state index contributed by atoms with van der Waals surface area (Å²) in [5.41, 5.74) is 1.54. The van der Waals surface area contributed by atoms with Crippen molar-refractivity contribution in [3.8, 4) is 0 Å². The minimum Gasteiger partial charge on any atom is -0.307 e. The fraction of sp³-hybridized carbons (Fsp3) is 0. The SMILES string of the molecule is O=C1NC(=S)S/C1=C\c1cc2ccccc2nc1Cl. The van der Waals surface area contributed by atoms with E-state index < -0.39 is 0 Å². The maximum Gasteiger partial charge on any atom is 0.263 e. The molecule has 2 aromatic rings. The van der Waals surface area contributed by atoms with E-state index in [9.17, 15) is 4.79 Å². The van der Waals surface area contributed by atoms with Crippen LogP contribution in [0.1, 0.15) is 5.56 Å². The molecule has 1 N–H and O–H groups in total. The monoisotopic (exact) mass is 306 g/mol. The highest BCUT2D eigenvalue weighted by Crippen LogP contribution is 2.29. The fourth-order valence-electron chi connectivity index (χ4n) is 1.77. The van der Waals surface area contributed by atoms with Crippen molar-refractivity contribution in [3.63, 3.8) is 0 Å². The summed E-state index contributed by atoms with van der Waals surface area (Å²) in [6.45, 7) is 0. The van der Waals surface area contributed by atoms with Crippen LogP contribution in [-0.2, 0) is 4.79 Å². The first-order valence-electron chi connectivity index (χ1n) is 5.43. The third-order valence-corrected chi connectivity index (χ3v) is 4.10. The van der Waals surface area contributed by atoms with E-state index in [1.807, 2.05) is 30.3 Å². The van der Waals surface area contributed by atoms with Crippen LogP contribution in [0.15, 0.2) is 35.2 Å². The van der Waals surface area contributed by atoms with Gasteiger partial charge in [0, 0.05) is 10.9 Å². The van der Waals surface area contributed by atoms with Crippen LogP contribution in [0.2, 0.25) is 5.15 Å². The number of nitrogens with one attached hydrogen (secondary N) is 1. The normalized spacial score (nSPS) is 17.2. The second kappa shape index (κ2) is 4.92. The lowest BCUT2D eigenvalue weighted by molar-refractivity contribution is -0.115. The van der Waals surface area contributed by atoms with Gasteiger partial charge in [0.25, 0.3) is 5.91 Å². The van der Waals surface area contributed by atoms with Crippen LogP contribution < -0.4 is 5.32 Å². The van der Waals surface area contributed by atoms with E-state index in [1.54, 1.807) is 6.08 Å². The van der Waals surface area contributed by atoms with Gasteiger partial charge in [0.1, 0.15) is 9.47 Å². The van der Waals surface area contributed by atoms with Crippen molar-refractivity contribution < 1.29 is 4.79 Å². The van der Waals surface area contributed by atoms with Crippen molar-refractivity contribution in [3.05, 3.63) is 46.0 Å². The van der Waals surface area contributed by atoms with E-state index in [4.69, 9.17) is 23.8 Å². The van der Waals surface area contributed by atoms with Gasteiger partial charge in [-0.25, -0.2) is 4.98 Å². The molecular formula is C13H7ClN2OS2. The van der Waals surface area contributed by atoms with E-state index in [0.717, 1.165) is 10.9 Å². The lowest BCUT2D eigenvalue weighted by Gasteiger charge is -2.02.